The van der Waals surface area contributed by atoms with Crippen LogP contribution in [0.5, 0.6) is 0 Å². The summed E-state index contributed by atoms with van der Waals surface area (Å²) >= 11 is 0. The molecule has 0 fully saturated rings. The highest BCUT2D eigenvalue weighted by Crippen LogP contribution is 2.17. The lowest BCUT2D eigenvalue weighted by Crippen LogP contribution is -2.26. The van der Waals surface area contributed by atoms with Crippen molar-refractivity contribution >= 4 is 11.7 Å². The summed E-state index contributed by atoms with van der Waals surface area (Å²) in [5.74, 6) is -0.156. The van der Waals surface area contributed by atoms with E-state index in [2.05, 4.69) is 5.32 Å². The molecular formula is C22H19NO2. The molecule has 1 N–H and O–H groups in total. The van der Waals surface area contributed by atoms with Gasteiger partial charge in [-0.3, -0.25) is 9.59 Å². The van der Waals surface area contributed by atoms with Crippen LogP contribution in [-0.2, 0) is 0 Å². The zero-order valence-corrected chi connectivity index (χ0v) is 14.0. The predicted octanol–water partition coefficient (Wildman–Crippen LogP) is 4.41. The van der Waals surface area contributed by atoms with Crippen LogP contribution in [0, 0.1) is 0 Å². The van der Waals surface area contributed by atoms with Gasteiger partial charge < -0.3 is 5.32 Å². The van der Waals surface area contributed by atoms with Crippen molar-refractivity contribution in [2.45, 2.75) is 13.0 Å². The third-order valence-electron chi connectivity index (χ3n) is 4.07. The Kier molecular flexibility index (Phi) is 5.05. The molecule has 124 valence electrons. The monoisotopic (exact) mass is 329 g/mol. The number of hydrogen-bond donors (Lipinski definition) is 1. The molecule has 3 nitrogen and oxygen atoms in total. The van der Waals surface area contributed by atoms with E-state index in [1.807, 2.05) is 61.5 Å². The minimum absolute atomic E-state index is 0.0240. The van der Waals surface area contributed by atoms with E-state index >= 15 is 0 Å². The summed E-state index contributed by atoms with van der Waals surface area (Å²) < 4.78 is 0. The average Bonchev–Trinajstić information content (AvgIpc) is 2.68. The molecule has 0 heterocycles. The van der Waals surface area contributed by atoms with E-state index in [-0.39, 0.29) is 17.7 Å². The Morgan fingerprint density at radius 1 is 0.720 bits per heavy atom. The van der Waals surface area contributed by atoms with Crippen LogP contribution >= 0.6 is 0 Å². The lowest BCUT2D eigenvalue weighted by Gasteiger charge is -2.15. The summed E-state index contributed by atoms with van der Waals surface area (Å²) in [5.41, 5.74) is 2.78. The minimum atomic E-state index is -0.198. The molecule has 1 amide bonds. The molecule has 3 rings (SSSR count). The predicted molar refractivity (Wildman–Crippen MR) is 98.6 cm³/mol. The van der Waals surface area contributed by atoms with Crippen molar-refractivity contribution < 1.29 is 9.59 Å². The highest BCUT2D eigenvalue weighted by Gasteiger charge is 2.14. The van der Waals surface area contributed by atoms with Gasteiger partial charge in [-0.15, -0.1) is 0 Å². The Balaban J connectivity index is 1.77. The largest absolute Gasteiger partial charge is 0.346 e. The van der Waals surface area contributed by atoms with Gasteiger partial charge in [0.1, 0.15) is 0 Å². The molecule has 0 bridgehead atoms. The van der Waals surface area contributed by atoms with Crippen LogP contribution in [0.25, 0.3) is 0 Å². The number of hydrogen-bond acceptors (Lipinski definition) is 2. The van der Waals surface area contributed by atoms with E-state index in [9.17, 15) is 9.59 Å². The van der Waals surface area contributed by atoms with E-state index in [1.54, 1.807) is 30.3 Å². The van der Waals surface area contributed by atoms with Gasteiger partial charge in [0.2, 0.25) is 0 Å². The first kappa shape index (κ1) is 16.7. The van der Waals surface area contributed by atoms with Crippen LogP contribution < -0.4 is 5.32 Å². The molecule has 0 saturated carbocycles. The van der Waals surface area contributed by atoms with Gasteiger partial charge in [-0.1, -0.05) is 66.7 Å². The summed E-state index contributed by atoms with van der Waals surface area (Å²) in [4.78, 5) is 24.9. The third-order valence-corrected chi connectivity index (χ3v) is 4.07. The van der Waals surface area contributed by atoms with Crippen molar-refractivity contribution in [1.82, 2.24) is 5.32 Å². The van der Waals surface area contributed by atoms with Crippen molar-refractivity contribution in [3.63, 3.8) is 0 Å². The summed E-state index contributed by atoms with van der Waals surface area (Å²) in [7, 11) is 0. The van der Waals surface area contributed by atoms with Crippen molar-refractivity contribution in [2.75, 3.05) is 0 Å². The molecule has 1 atom stereocenters. The molecule has 0 aliphatic heterocycles. The zero-order valence-electron chi connectivity index (χ0n) is 14.0. The molecule has 0 saturated heterocycles. The summed E-state index contributed by atoms with van der Waals surface area (Å²) in [6.45, 7) is 1.91. The molecule has 25 heavy (non-hydrogen) atoms. The van der Waals surface area contributed by atoms with Gasteiger partial charge in [-0.2, -0.15) is 0 Å². The Morgan fingerprint density at radius 2 is 1.28 bits per heavy atom. The number of carbonyl (C=O) groups is 2. The SMILES string of the molecule is C[C@@H](NC(=O)c1ccccc1)c1cccc(C(=O)c2ccccc2)c1. The Labute approximate surface area is 147 Å². The van der Waals surface area contributed by atoms with E-state index in [1.165, 1.54) is 0 Å². The van der Waals surface area contributed by atoms with Gasteiger partial charge in [0.25, 0.3) is 5.91 Å². The lowest BCUT2D eigenvalue weighted by molar-refractivity contribution is 0.0939. The highest BCUT2D eigenvalue weighted by molar-refractivity contribution is 6.09. The van der Waals surface area contributed by atoms with Crippen molar-refractivity contribution in [3.05, 3.63) is 107 Å². The zero-order chi connectivity index (χ0) is 17.6. The summed E-state index contributed by atoms with van der Waals surface area (Å²) in [6, 6.07) is 25.5. The second-order valence-corrected chi connectivity index (χ2v) is 5.88. The van der Waals surface area contributed by atoms with Gasteiger partial charge >= 0.3 is 0 Å². The Morgan fingerprint density at radius 3 is 1.92 bits per heavy atom. The maximum absolute atomic E-state index is 12.6. The number of amides is 1. The van der Waals surface area contributed by atoms with Crippen LogP contribution in [-0.4, -0.2) is 11.7 Å². The van der Waals surface area contributed by atoms with Crippen molar-refractivity contribution in [1.29, 1.82) is 0 Å². The Bertz CT molecular complexity index is 873. The maximum Gasteiger partial charge on any atom is 0.251 e. The van der Waals surface area contributed by atoms with Gasteiger partial charge in [-0.25, -0.2) is 0 Å². The fourth-order valence-corrected chi connectivity index (χ4v) is 2.66. The molecule has 0 radical (unpaired) electrons. The van der Waals surface area contributed by atoms with Crippen LogP contribution in [0.3, 0.4) is 0 Å². The molecule has 3 aromatic rings. The number of carbonyl (C=O) groups excluding carboxylic acids is 2. The van der Waals surface area contributed by atoms with Gasteiger partial charge in [0.05, 0.1) is 6.04 Å². The smallest absolute Gasteiger partial charge is 0.251 e. The van der Waals surface area contributed by atoms with E-state index < -0.39 is 0 Å². The fraction of sp³-hybridized carbons (Fsp3) is 0.0909. The molecular weight excluding hydrogens is 310 g/mol. The second-order valence-electron chi connectivity index (χ2n) is 5.88. The first-order valence-electron chi connectivity index (χ1n) is 8.21. The lowest BCUT2D eigenvalue weighted by atomic mass is 9.99. The fourth-order valence-electron chi connectivity index (χ4n) is 2.66. The van der Waals surface area contributed by atoms with Crippen LogP contribution in [0.1, 0.15) is 44.8 Å². The first-order chi connectivity index (χ1) is 12.1. The van der Waals surface area contributed by atoms with E-state index in [0.717, 1.165) is 5.56 Å². The molecule has 0 spiro atoms. The van der Waals surface area contributed by atoms with Gasteiger partial charge in [-0.05, 0) is 30.7 Å². The van der Waals surface area contributed by atoms with Crippen LogP contribution in [0.15, 0.2) is 84.9 Å². The first-order valence-corrected chi connectivity index (χ1v) is 8.21. The third kappa shape index (κ3) is 4.01. The number of rotatable bonds is 5. The quantitative estimate of drug-likeness (QED) is 0.705. The number of nitrogens with one attached hydrogen (secondary N) is 1. The standard InChI is InChI=1S/C22H19NO2/c1-16(23-22(25)18-11-6-3-7-12-18)19-13-8-14-20(15-19)21(24)17-9-4-2-5-10-17/h2-16H,1H3,(H,23,25)/t16-/m1/s1. The highest BCUT2D eigenvalue weighted by atomic mass is 16.1. The van der Waals surface area contributed by atoms with E-state index in [0.29, 0.717) is 16.7 Å². The molecule has 0 aromatic heterocycles. The number of ketones is 1. The van der Waals surface area contributed by atoms with Crippen LogP contribution in [0.2, 0.25) is 0 Å². The van der Waals surface area contributed by atoms with Crippen LogP contribution in [0.4, 0.5) is 0 Å². The molecule has 0 aliphatic carbocycles. The second kappa shape index (κ2) is 7.58. The van der Waals surface area contributed by atoms with Crippen molar-refractivity contribution in [2.24, 2.45) is 0 Å². The molecule has 3 heteroatoms. The molecule has 0 aliphatic rings. The summed E-state index contributed by atoms with van der Waals surface area (Å²) in [5, 5.41) is 2.97. The van der Waals surface area contributed by atoms with Crippen molar-refractivity contribution in [3.8, 4) is 0 Å². The normalized spacial score (nSPS) is 11.6. The maximum atomic E-state index is 12.6. The van der Waals surface area contributed by atoms with Gasteiger partial charge in [0.15, 0.2) is 5.78 Å². The average molecular weight is 329 g/mol. The summed E-state index contributed by atoms with van der Waals surface area (Å²) in [6.07, 6.45) is 0. The van der Waals surface area contributed by atoms with E-state index in [4.69, 9.17) is 0 Å². The van der Waals surface area contributed by atoms with Gasteiger partial charge in [0, 0.05) is 16.7 Å². The number of benzene rings is 3. The Hall–Kier alpha value is -3.20. The molecule has 0 unspecified atom stereocenters. The minimum Gasteiger partial charge on any atom is -0.346 e. The topological polar surface area (TPSA) is 46.2 Å². The molecule has 3 aromatic carbocycles.